The van der Waals surface area contributed by atoms with E-state index in [2.05, 4.69) is 15.9 Å². The average molecular weight is 303 g/mol. The van der Waals surface area contributed by atoms with Crippen LogP contribution in [0, 0.1) is 0 Å². The van der Waals surface area contributed by atoms with Crippen molar-refractivity contribution in [2.45, 2.75) is 0 Å². The molecule has 3 N–H and O–H groups in total. The zero-order valence-electron chi connectivity index (χ0n) is 9.30. The molecule has 17 heavy (non-hydrogen) atoms. The van der Waals surface area contributed by atoms with Crippen LogP contribution in [0.2, 0.25) is 0 Å². The van der Waals surface area contributed by atoms with Gasteiger partial charge in [0.25, 0.3) is 0 Å². The lowest BCUT2D eigenvalue weighted by molar-refractivity contribution is 0.136. The maximum Gasteiger partial charge on any atom is 0.407 e. The van der Waals surface area contributed by atoms with E-state index in [1.807, 2.05) is 24.3 Å². The van der Waals surface area contributed by atoms with Crippen molar-refractivity contribution in [3.63, 3.8) is 0 Å². The molecule has 6 heteroatoms. The molecule has 0 aliphatic rings. The van der Waals surface area contributed by atoms with E-state index < -0.39 is 6.09 Å². The molecule has 0 saturated heterocycles. The number of nitrogens with zero attached hydrogens (tertiary/aromatic N) is 1. The third-order valence-corrected chi connectivity index (χ3v) is 2.59. The lowest BCUT2D eigenvalue weighted by atomic mass is 10.3. The summed E-state index contributed by atoms with van der Waals surface area (Å²) in [5.74, 6) is 0.706. The SMILES string of the molecule is NCCN(CCOc1cccc(Br)c1)C(=O)O. The van der Waals surface area contributed by atoms with Gasteiger partial charge in [-0.05, 0) is 18.2 Å². The van der Waals surface area contributed by atoms with Crippen molar-refractivity contribution in [3.05, 3.63) is 28.7 Å². The predicted molar refractivity (Wildman–Crippen MR) is 68.3 cm³/mol. The van der Waals surface area contributed by atoms with Crippen LogP contribution in [0.25, 0.3) is 0 Å². The third-order valence-electron chi connectivity index (χ3n) is 2.10. The molecule has 0 spiro atoms. The molecule has 5 nitrogen and oxygen atoms in total. The standard InChI is InChI=1S/C11H15BrN2O3/c12-9-2-1-3-10(8-9)17-7-6-14(5-4-13)11(15)16/h1-3,8H,4-7,13H2,(H,15,16). The van der Waals surface area contributed by atoms with Gasteiger partial charge in [-0.15, -0.1) is 0 Å². The minimum Gasteiger partial charge on any atom is -0.492 e. The van der Waals surface area contributed by atoms with Crippen LogP contribution in [-0.4, -0.2) is 42.3 Å². The normalized spacial score (nSPS) is 10.0. The Morgan fingerprint density at radius 3 is 2.82 bits per heavy atom. The first-order valence-corrected chi connectivity index (χ1v) is 5.99. The van der Waals surface area contributed by atoms with E-state index in [9.17, 15) is 4.79 Å². The largest absolute Gasteiger partial charge is 0.492 e. The molecule has 1 rings (SSSR count). The van der Waals surface area contributed by atoms with Gasteiger partial charge in [-0.1, -0.05) is 22.0 Å². The molecule has 0 aliphatic carbocycles. The minimum absolute atomic E-state index is 0.305. The molecule has 0 radical (unpaired) electrons. The van der Waals surface area contributed by atoms with Gasteiger partial charge < -0.3 is 20.5 Å². The first-order chi connectivity index (χ1) is 8.13. The zero-order valence-corrected chi connectivity index (χ0v) is 10.9. The summed E-state index contributed by atoms with van der Waals surface area (Å²) < 4.78 is 6.36. The molecule has 0 unspecified atom stereocenters. The van der Waals surface area contributed by atoms with Crippen molar-refractivity contribution < 1.29 is 14.6 Å². The Bertz CT molecular complexity index is 373. The smallest absolute Gasteiger partial charge is 0.407 e. The topological polar surface area (TPSA) is 75.8 Å². The fourth-order valence-corrected chi connectivity index (χ4v) is 1.67. The summed E-state index contributed by atoms with van der Waals surface area (Å²) in [6.07, 6.45) is -0.978. The van der Waals surface area contributed by atoms with Crippen molar-refractivity contribution >= 4 is 22.0 Å². The van der Waals surface area contributed by atoms with Gasteiger partial charge in [0.1, 0.15) is 12.4 Å². The van der Waals surface area contributed by atoms with Crippen LogP contribution in [-0.2, 0) is 0 Å². The Labute approximate surface area is 108 Å². The highest BCUT2D eigenvalue weighted by Gasteiger charge is 2.09. The molecule has 94 valence electrons. The molecule has 0 saturated carbocycles. The molecule has 0 fully saturated rings. The number of rotatable bonds is 6. The van der Waals surface area contributed by atoms with Crippen LogP contribution < -0.4 is 10.5 Å². The van der Waals surface area contributed by atoms with Gasteiger partial charge in [0.05, 0.1) is 6.54 Å². The second-order valence-corrected chi connectivity index (χ2v) is 4.28. The summed E-state index contributed by atoms with van der Waals surface area (Å²) in [5.41, 5.74) is 5.32. The maximum absolute atomic E-state index is 10.8. The van der Waals surface area contributed by atoms with Crippen LogP contribution >= 0.6 is 15.9 Å². The van der Waals surface area contributed by atoms with Crippen LogP contribution in [0.1, 0.15) is 0 Å². The van der Waals surface area contributed by atoms with Gasteiger partial charge in [0.15, 0.2) is 0 Å². The second-order valence-electron chi connectivity index (χ2n) is 3.36. The number of amides is 1. The van der Waals surface area contributed by atoms with Gasteiger partial charge in [0.2, 0.25) is 0 Å². The van der Waals surface area contributed by atoms with Gasteiger partial charge in [-0.3, -0.25) is 0 Å². The molecule has 0 aliphatic heterocycles. The lowest BCUT2D eigenvalue weighted by Crippen LogP contribution is -2.37. The Balaban J connectivity index is 2.38. The van der Waals surface area contributed by atoms with Crippen molar-refractivity contribution in [1.29, 1.82) is 0 Å². The quantitative estimate of drug-likeness (QED) is 0.840. The summed E-state index contributed by atoms with van der Waals surface area (Å²) in [6, 6.07) is 7.39. The highest BCUT2D eigenvalue weighted by atomic mass is 79.9. The summed E-state index contributed by atoms with van der Waals surface area (Å²) in [6.45, 7) is 1.24. The Hall–Kier alpha value is -1.27. The first kappa shape index (κ1) is 13.8. The summed E-state index contributed by atoms with van der Waals surface area (Å²) in [7, 11) is 0. The van der Waals surface area contributed by atoms with Crippen molar-refractivity contribution in [2.24, 2.45) is 5.73 Å². The highest BCUT2D eigenvalue weighted by molar-refractivity contribution is 9.10. The van der Waals surface area contributed by atoms with E-state index in [1.165, 1.54) is 4.90 Å². The van der Waals surface area contributed by atoms with Gasteiger partial charge >= 0.3 is 6.09 Å². The second kappa shape index (κ2) is 7.13. The van der Waals surface area contributed by atoms with Gasteiger partial charge in [-0.2, -0.15) is 0 Å². The Morgan fingerprint density at radius 1 is 1.47 bits per heavy atom. The number of ether oxygens (including phenoxy) is 1. The number of halogens is 1. The molecule has 0 heterocycles. The van der Waals surface area contributed by atoms with Crippen LogP contribution in [0.5, 0.6) is 5.75 Å². The fourth-order valence-electron chi connectivity index (χ4n) is 1.29. The molecule has 1 aromatic carbocycles. The van der Waals surface area contributed by atoms with Crippen molar-refractivity contribution in [1.82, 2.24) is 4.90 Å². The van der Waals surface area contributed by atoms with Crippen LogP contribution in [0.3, 0.4) is 0 Å². The predicted octanol–water partition coefficient (Wildman–Crippen LogP) is 1.77. The Kier molecular flexibility index (Phi) is 5.79. The van der Waals surface area contributed by atoms with Crippen LogP contribution in [0.15, 0.2) is 28.7 Å². The summed E-state index contributed by atoms with van der Waals surface area (Å²) in [5, 5.41) is 8.85. The van der Waals surface area contributed by atoms with E-state index in [4.69, 9.17) is 15.6 Å². The van der Waals surface area contributed by atoms with E-state index in [0.717, 1.165) is 4.47 Å². The fraction of sp³-hybridized carbons (Fsp3) is 0.364. The molecule has 1 aromatic rings. The highest BCUT2D eigenvalue weighted by Crippen LogP contribution is 2.17. The average Bonchev–Trinajstić information content (AvgIpc) is 2.28. The molecule has 0 atom stereocenters. The lowest BCUT2D eigenvalue weighted by Gasteiger charge is -2.18. The van der Waals surface area contributed by atoms with Gasteiger partial charge in [-0.25, -0.2) is 4.79 Å². The van der Waals surface area contributed by atoms with Crippen LogP contribution in [0.4, 0.5) is 4.79 Å². The van der Waals surface area contributed by atoms with E-state index in [1.54, 1.807) is 0 Å². The monoisotopic (exact) mass is 302 g/mol. The van der Waals surface area contributed by atoms with E-state index in [0.29, 0.717) is 32.0 Å². The minimum atomic E-state index is -0.978. The molecule has 0 bridgehead atoms. The number of benzene rings is 1. The molecule has 0 aromatic heterocycles. The summed E-state index contributed by atoms with van der Waals surface area (Å²) in [4.78, 5) is 12.0. The molecular formula is C11H15BrN2O3. The van der Waals surface area contributed by atoms with E-state index >= 15 is 0 Å². The molecular weight excluding hydrogens is 288 g/mol. The molecule has 1 amide bonds. The number of carbonyl (C=O) groups is 1. The number of hydrogen-bond donors (Lipinski definition) is 2. The Morgan fingerprint density at radius 2 is 2.24 bits per heavy atom. The van der Waals surface area contributed by atoms with E-state index in [-0.39, 0.29) is 0 Å². The third kappa shape index (κ3) is 5.06. The van der Waals surface area contributed by atoms with Gasteiger partial charge in [0, 0.05) is 17.6 Å². The van der Waals surface area contributed by atoms with Crippen molar-refractivity contribution in [2.75, 3.05) is 26.2 Å². The van der Waals surface area contributed by atoms with Crippen molar-refractivity contribution in [3.8, 4) is 5.75 Å². The number of hydrogen-bond acceptors (Lipinski definition) is 3. The number of carboxylic acid groups (broad SMARTS) is 1. The first-order valence-electron chi connectivity index (χ1n) is 5.20. The summed E-state index contributed by atoms with van der Waals surface area (Å²) >= 11 is 3.33. The maximum atomic E-state index is 10.8. The zero-order chi connectivity index (χ0) is 12.7. The number of nitrogens with two attached hydrogens (primary N) is 1.